The second kappa shape index (κ2) is 9.26. The van der Waals surface area contributed by atoms with Gasteiger partial charge in [-0.1, -0.05) is 42.8 Å². The highest BCUT2D eigenvalue weighted by Crippen LogP contribution is 2.33. The molecule has 1 N–H and O–H groups in total. The van der Waals surface area contributed by atoms with Crippen LogP contribution >= 0.6 is 35.0 Å². The third-order valence-corrected chi connectivity index (χ3v) is 5.17. The number of aromatic nitrogens is 3. The Kier molecular flexibility index (Phi) is 6.77. The Labute approximate surface area is 172 Å². The molecule has 0 aliphatic carbocycles. The second-order valence-corrected chi connectivity index (χ2v) is 7.63. The van der Waals surface area contributed by atoms with Gasteiger partial charge in [0.05, 0.1) is 12.2 Å². The van der Waals surface area contributed by atoms with Gasteiger partial charge in [0.2, 0.25) is 11.2 Å². The molecule has 27 heavy (non-hydrogen) atoms. The maximum atomic E-state index is 12.0. The van der Waals surface area contributed by atoms with E-state index in [0.29, 0.717) is 23.1 Å². The van der Waals surface area contributed by atoms with Crippen molar-refractivity contribution in [3.8, 4) is 0 Å². The minimum atomic E-state index is -0.00814. The zero-order chi connectivity index (χ0) is 19.2. The van der Waals surface area contributed by atoms with Gasteiger partial charge in [-0.2, -0.15) is 4.98 Å². The van der Waals surface area contributed by atoms with Gasteiger partial charge >= 0.3 is 0 Å². The van der Waals surface area contributed by atoms with Crippen LogP contribution in [-0.4, -0.2) is 20.7 Å². The van der Waals surface area contributed by atoms with Crippen LogP contribution < -0.4 is 5.32 Å². The molecule has 0 aliphatic rings. The van der Waals surface area contributed by atoms with Crippen LogP contribution in [0.25, 0.3) is 0 Å². The van der Waals surface area contributed by atoms with Gasteiger partial charge in [-0.25, -0.2) is 4.68 Å². The van der Waals surface area contributed by atoms with Crippen molar-refractivity contribution in [2.24, 2.45) is 0 Å². The average molecular weight is 421 g/mol. The van der Waals surface area contributed by atoms with Crippen LogP contribution in [0.5, 0.6) is 0 Å². The second-order valence-electron chi connectivity index (χ2n) is 5.84. The molecule has 1 aromatic heterocycles. The fourth-order valence-electron chi connectivity index (χ4n) is 2.44. The quantitative estimate of drug-likeness (QED) is 0.546. The van der Waals surface area contributed by atoms with E-state index in [2.05, 4.69) is 15.4 Å². The first-order valence-corrected chi connectivity index (χ1v) is 10.0. The molecule has 2 aromatic carbocycles. The SMILES string of the molecule is CCCC(=O)Nc1ccccc1Sc1nc(Cl)nn1Cc1ccc(Cl)cc1. The van der Waals surface area contributed by atoms with Crippen molar-refractivity contribution < 1.29 is 4.79 Å². The predicted octanol–water partition coefficient (Wildman–Crippen LogP) is 5.52. The van der Waals surface area contributed by atoms with Crippen LogP contribution in [-0.2, 0) is 11.3 Å². The summed E-state index contributed by atoms with van der Waals surface area (Å²) in [7, 11) is 0. The van der Waals surface area contributed by atoms with E-state index >= 15 is 0 Å². The molecule has 0 unspecified atom stereocenters. The highest BCUT2D eigenvalue weighted by atomic mass is 35.5. The molecule has 0 aliphatic heterocycles. The van der Waals surface area contributed by atoms with Crippen LogP contribution in [0.4, 0.5) is 5.69 Å². The Morgan fingerprint density at radius 1 is 1.15 bits per heavy atom. The number of benzene rings is 2. The zero-order valence-electron chi connectivity index (χ0n) is 14.7. The molecule has 0 saturated heterocycles. The van der Waals surface area contributed by atoms with Gasteiger partial charge < -0.3 is 5.32 Å². The van der Waals surface area contributed by atoms with Gasteiger partial charge in [-0.05, 0) is 59.6 Å². The van der Waals surface area contributed by atoms with Crippen LogP contribution in [0.1, 0.15) is 25.3 Å². The van der Waals surface area contributed by atoms with Crippen molar-refractivity contribution >= 4 is 46.6 Å². The van der Waals surface area contributed by atoms with Gasteiger partial charge in [0.25, 0.3) is 0 Å². The molecular weight excluding hydrogens is 403 g/mol. The summed E-state index contributed by atoms with van der Waals surface area (Å²) in [5.74, 6) is -0.00814. The number of hydrogen-bond donors (Lipinski definition) is 1. The molecule has 1 amide bonds. The van der Waals surface area contributed by atoms with Crippen LogP contribution in [0.15, 0.2) is 58.6 Å². The topological polar surface area (TPSA) is 59.8 Å². The standard InChI is InChI=1S/C19H18Cl2N4OS/c1-2-5-17(26)22-15-6-3-4-7-16(15)27-19-23-18(21)24-25(19)12-13-8-10-14(20)11-9-13/h3-4,6-11H,2,5,12H2,1H3,(H,22,26). The summed E-state index contributed by atoms with van der Waals surface area (Å²) in [6, 6.07) is 15.1. The van der Waals surface area contributed by atoms with Crippen LogP contribution in [0.3, 0.4) is 0 Å². The summed E-state index contributed by atoms with van der Waals surface area (Å²) in [5.41, 5.74) is 1.78. The van der Waals surface area contributed by atoms with Crippen molar-refractivity contribution in [3.63, 3.8) is 0 Å². The number of para-hydroxylation sites is 1. The van der Waals surface area contributed by atoms with E-state index in [-0.39, 0.29) is 11.2 Å². The molecule has 0 radical (unpaired) electrons. The minimum absolute atomic E-state index is 0.00814. The number of carbonyl (C=O) groups excluding carboxylic acids is 1. The van der Waals surface area contributed by atoms with E-state index in [1.54, 1.807) is 4.68 Å². The number of amides is 1. The van der Waals surface area contributed by atoms with Crippen LogP contribution in [0.2, 0.25) is 10.3 Å². The number of hydrogen-bond acceptors (Lipinski definition) is 4. The van der Waals surface area contributed by atoms with Crippen molar-refractivity contribution in [3.05, 3.63) is 64.4 Å². The maximum absolute atomic E-state index is 12.0. The van der Waals surface area contributed by atoms with Crippen molar-refractivity contribution in [1.29, 1.82) is 0 Å². The predicted molar refractivity (Wildman–Crippen MR) is 110 cm³/mol. The Hall–Kier alpha value is -2.02. The molecule has 3 rings (SSSR count). The Bertz CT molecular complexity index is 928. The number of carbonyl (C=O) groups is 1. The summed E-state index contributed by atoms with van der Waals surface area (Å²) in [6.45, 7) is 2.49. The zero-order valence-corrected chi connectivity index (χ0v) is 17.0. The largest absolute Gasteiger partial charge is 0.325 e. The highest BCUT2D eigenvalue weighted by molar-refractivity contribution is 7.99. The van der Waals surface area contributed by atoms with E-state index < -0.39 is 0 Å². The third kappa shape index (κ3) is 5.48. The maximum Gasteiger partial charge on any atom is 0.243 e. The number of nitrogens with one attached hydrogen (secondary N) is 1. The molecule has 0 fully saturated rings. The number of halogens is 2. The fourth-order valence-corrected chi connectivity index (χ4v) is 3.70. The lowest BCUT2D eigenvalue weighted by Gasteiger charge is -2.11. The molecule has 0 saturated carbocycles. The first kappa shape index (κ1) is 19.7. The Balaban J connectivity index is 1.82. The van der Waals surface area contributed by atoms with E-state index in [0.717, 1.165) is 22.6 Å². The smallest absolute Gasteiger partial charge is 0.243 e. The lowest BCUT2D eigenvalue weighted by atomic mass is 10.2. The minimum Gasteiger partial charge on any atom is -0.325 e. The number of rotatable bonds is 7. The molecule has 0 bridgehead atoms. The molecule has 8 heteroatoms. The lowest BCUT2D eigenvalue weighted by Crippen LogP contribution is -2.11. The van der Waals surface area contributed by atoms with Gasteiger partial charge in [0.15, 0.2) is 5.16 Å². The summed E-state index contributed by atoms with van der Waals surface area (Å²) >= 11 is 13.4. The molecule has 0 atom stereocenters. The average Bonchev–Trinajstić information content (AvgIpc) is 2.98. The molecule has 1 heterocycles. The van der Waals surface area contributed by atoms with E-state index in [1.165, 1.54) is 11.8 Å². The van der Waals surface area contributed by atoms with E-state index in [1.807, 2.05) is 55.5 Å². The number of anilines is 1. The molecular formula is C19H18Cl2N4OS. The van der Waals surface area contributed by atoms with Gasteiger partial charge in [0.1, 0.15) is 0 Å². The van der Waals surface area contributed by atoms with E-state index in [4.69, 9.17) is 23.2 Å². The Morgan fingerprint density at radius 2 is 1.89 bits per heavy atom. The van der Waals surface area contributed by atoms with Crippen molar-refractivity contribution in [2.45, 2.75) is 36.4 Å². The summed E-state index contributed by atoms with van der Waals surface area (Å²) in [5, 5.41) is 8.73. The molecule has 0 spiro atoms. The molecule has 140 valence electrons. The van der Waals surface area contributed by atoms with Gasteiger partial charge in [-0.3, -0.25) is 4.79 Å². The monoisotopic (exact) mass is 420 g/mol. The third-order valence-electron chi connectivity index (χ3n) is 3.70. The van der Waals surface area contributed by atoms with Gasteiger partial charge in [-0.15, -0.1) is 5.10 Å². The van der Waals surface area contributed by atoms with Gasteiger partial charge in [0, 0.05) is 16.3 Å². The first-order valence-electron chi connectivity index (χ1n) is 8.46. The molecule has 5 nitrogen and oxygen atoms in total. The Morgan fingerprint density at radius 3 is 2.63 bits per heavy atom. The fraction of sp³-hybridized carbons (Fsp3) is 0.211. The van der Waals surface area contributed by atoms with Crippen LogP contribution in [0, 0.1) is 0 Å². The summed E-state index contributed by atoms with van der Waals surface area (Å²) in [4.78, 5) is 17.2. The van der Waals surface area contributed by atoms with Crippen molar-refractivity contribution in [1.82, 2.24) is 14.8 Å². The highest BCUT2D eigenvalue weighted by Gasteiger charge is 2.14. The van der Waals surface area contributed by atoms with E-state index in [9.17, 15) is 4.79 Å². The molecule has 3 aromatic rings. The first-order chi connectivity index (χ1) is 13.0. The summed E-state index contributed by atoms with van der Waals surface area (Å²) < 4.78 is 1.74. The van der Waals surface area contributed by atoms with Crippen molar-refractivity contribution in [2.75, 3.05) is 5.32 Å². The lowest BCUT2D eigenvalue weighted by molar-refractivity contribution is -0.116. The summed E-state index contributed by atoms with van der Waals surface area (Å²) in [6.07, 6.45) is 1.28. The number of nitrogens with zero attached hydrogens (tertiary/aromatic N) is 3. The normalized spacial score (nSPS) is 10.8.